The summed E-state index contributed by atoms with van der Waals surface area (Å²) in [5.41, 5.74) is 9.46. The van der Waals surface area contributed by atoms with Crippen LogP contribution in [0, 0.1) is 6.92 Å². The van der Waals surface area contributed by atoms with Gasteiger partial charge in [-0.05, 0) is 91.9 Å². The fraction of sp³-hybridized carbons (Fsp3) is 0.0333. The summed E-state index contributed by atoms with van der Waals surface area (Å²) in [6, 6.07) is 25.7. The molecule has 4 aromatic heterocycles. The van der Waals surface area contributed by atoms with Crippen LogP contribution >= 0.6 is 0 Å². The highest BCUT2D eigenvalue weighted by molar-refractivity contribution is 5.84. The van der Waals surface area contributed by atoms with Gasteiger partial charge in [-0.25, -0.2) is 15.0 Å². The zero-order valence-electron chi connectivity index (χ0n) is 19.6. The highest BCUT2D eigenvalue weighted by atomic mass is 16.3. The molecule has 0 radical (unpaired) electrons. The Labute approximate surface area is 207 Å². The molecule has 3 N–H and O–H groups in total. The Bertz CT molecular complexity index is 1740. The van der Waals surface area contributed by atoms with Gasteiger partial charge in [0, 0.05) is 33.1 Å². The first-order chi connectivity index (χ1) is 17.6. The molecule has 6 nitrogen and oxygen atoms in total. The molecule has 6 heterocycles. The van der Waals surface area contributed by atoms with E-state index in [4.69, 9.17) is 0 Å². The molecular weight excluding hydrogens is 446 g/mol. The minimum Gasteiger partial charge on any atom is -0.506 e. The van der Waals surface area contributed by atoms with Crippen molar-refractivity contribution in [1.82, 2.24) is 24.9 Å². The Morgan fingerprint density at radius 2 is 1.08 bits per heavy atom. The second-order valence-electron chi connectivity index (χ2n) is 8.71. The quantitative estimate of drug-likeness (QED) is 0.225. The number of aromatic hydroxyl groups is 1. The maximum absolute atomic E-state index is 9.43. The minimum atomic E-state index is 0.246. The van der Waals surface area contributed by atoms with Crippen LogP contribution < -0.4 is 0 Å². The van der Waals surface area contributed by atoms with Crippen LogP contribution in [0.25, 0.3) is 57.3 Å². The fourth-order valence-electron chi connectivity index (χ4n) is 4.17. The number of rotatable bonds is 0. The second kappa shape index (κ2) is 9.00. The molecule has 5 aromatic rings. The zero-order chi connectivity index (χ0) is 24.5. The molecule has 36 heavy (non-hydrogen) atoms. The molecule has 0 atom stereocenters. The third kappa shape index (κ3) is 4.65. The predicted octanol–water partition coefficient (Wildman–Crippen LogP) is 6.90. The maximum Gasteiger partial charge on any atom is 0.141 e. The molecule has 0 amide bonds. The number of fused-ring (bicyclic) bond motifs is 9. The summed E-state index contributed by atoms with van der Waals surface area (Å²) < 4.78 is 0. The van der Waals surface area contributed by atoms with Gasteiger partial charge >= 0.3 is 0 Å². The molecule has 174 valence electrons. The number of hydrogen-bond donors (Lipinski definition) is 3. The van der Waals surface area contributed by atoms with Crippen LogP contribution in [0.5, 0.6) is 5.75 Å². The number of phenolic OH excluding ortho intramolecular Hbond substituents is 1. The van der Waals surface area contributed by atoms with Gasteiger partial charge in [-0.3, -0.25) is 0 Å². The van der Waals surface area contributed by atoms with Gasteiger partial charge in [-0.2, -0.15) is 0 Å². The van der Waals surface area contributed by atoms with E-state index in [0.717, 1.165) is 55.9 Å². The van der Waals surface area contributed by atoms with Crippen molar-refractivity contribution in [2.75, 3.05) is 0 Å². The molecule has 0 saturated heterocycles. The summed E-state index contributed by atoms with van der Waals surface area (Å²) in [6.45, 7) is 1.91. The smallest absolute Gasteiger partial charge is 0.141 e. The molecule has 0 unspecified atom stereocenters. The van der Waals surface area contributed by atoms with Crippen LogP contribution in [0.3, 0.4) is 0 Å². The van der Waals surface area contributed by atoms with Crippen LogP contribution in [-0.2, 0) is 0 Å². The monoisotopic (exact) mass is 469 g/mol. The minimum absolute atomic E-state index is 0.246. The van der Waals surface area contributed by atoms with Crippen LogP contribution in [0.1, 0.15) is 28.5 Å². The maximum atomic E-state index is 9.43. The standard InChI is InChI=1S/C20H14N4.C10H9NO/c1-2-14-10-16-5-6-18(23-16)12-20-8-7-19(24-20)11-17-4-3-15(22-17)9-13(1)21-14;1-7-5-6-8-3-2-4-9(12)10(8)11-7/h1-12,21-22H;2-6,12H,1H3. The lowest BCUT2D eigenvalue weighted by atomic mass is 10.2. The molecule has 8 bridgehead atoms. The van der Waals surface area contributed by atoms with E-state index in [2.05, 4.69) is 55.3 Å². The third-order valence-electron chi connectivity index (χ3n) is 5.88. The molecule has 2 aliphatic rings. The van der Waals surface area contributed by atoms with Gasteiger partial charge < -0.3 is 15.1 Å². The summed E-state index contributed by atoms with van der Waals surface area (Å²) >= 11 is 0. The van der Waals surface area contributed by atoms with E-state index < -0.39 is 0 Å². The molecule has 0 aliphatic carbocycles. The van der Waals surface area contributed by atoms with Gasteiger partial charge in [-0.1, -0.05) is 18.2 Å². The van der Waals surface area contributed by atoms with Crippen molar-refractivity contribution in [3.8, 4) is 5.75 Å². The highest BCUT2D eigenvalue weighted by Crippen LogP contribution is 2.22. The number of aromatic amines is 2. The second-order valence-corrected chi connectivity index (χ2v) is 8.71. The van der Waals surface area contributed by atoms with E-state index >= 15 is 0 Å². The van der Waals surface area contributed by atoms with E-state index in [1.165, 1.54) is 0 Å². The SMILES string of the molecule is C1=Cc2cc3ccc(cc4ccc(cc5nc(cc1n2)C=C5)[nH]4)[nH]3.Cc1ccc2cccc(O)c2n1. The van der Waals surface area contributed by atoms with Gasteiger partial charge in [0.1, 0.15) is 11.3 Å². The lowest BCUT2D eigenvalue weighted by molar-refractivity contribution is 0.480. The first kappa shape index (κ1) is 21.6. The average Bonchev–Trinajstić information content (AvgIpc) is 3.66. The number of benzene rings is 1. The molecule has 6 heteroatoms. The predicted molar refractivity (Wildman–Crippen MR) is 147 cm³/mol. The van der Waals surface area contributed by atoms with E-state index in [1.807, 2.05) is 73.7 Å². The van der Waals surface area contributed by atoms with E-state index in [9.17, 15) is 5.11 Å². The Hall–Kier alpha value is -4.97. The zero-order valence-corrected chi connectivity index (χ0v) is 19.6. The van der Waals surface area contributed by atoms with Gasteiger partial charge in [0.15, 0.2) is 0 Å². The number of nitrogens with one attached hydrogen (secondary N) is 2. The van der Waals surface area contributed by atoms with Crippen LogP contribution in [0.2, 0.25) is 0 Å². The van der Waals surface area contributed by atoms with Crippen molar-refractivity contribution in [3.63, 3.8) is 0 Å². The highest BCUT2D eigenvalue weighted by Gasteiger charge is 2.02. The van der Waals surface area contributed by atoms with Crippen LogP contribution in [-0.4, -0.2) is 30.0 Å². The van der Waals surface area contributed by atoms with Crippen molar-refractivity contribution in [2.45, 2.75) is 6.92 Å². The summed E-state index contributed by atoms with van der Waals surface area (Å²) in [6.07, 6.45) is 8.05. The molecule has 2 aliphatic heterocycles. The number of hydrogen-bond acceptors (Lipinski definition) is 4. The normalized spacial score (nSPS) is 11.9. The Balaban J connectivity index is 0.000000168. The van der Waals surface area contributed by atoms with Gasteiger partial charge in [0.2, 0.25) is 0 Å². The molecular formula is C30H23N5O. The van der Waals surface area contributed by atoms with Crippen LogP contribution in [0.4, 0.5) is 0 Å². The number of para-hydroxylation sites is 1. The Kier molecular flexibility index (Phi) is 5.39. The molecule has 0 spiro atoms. The van der Waals surface area contributed by atoms with Crippen molar-refractivity contribution >= 4 is 57.3 Å². The summed E-state index contributed by atoms with van der Waals surface area (Å²) in [4.78, 5) is 20.2. The Morgan fingerprint density at radius 1 is 0.556 bits per heavy atom. The van der Waals surface area contributed by atoms with Crippen LogP contribution in [0.15, 0.2) is 78.9 Å². The lowest BCUT2D eigenvalue weighted by Gasteiger charge is -1.99. The van der Waals surface area contributed by atoms with Crippen molar-refractivity contribution in [1.29, 1.82) is 0 Å². The summed E-state index contributed by atoms with van der Waals surface area (Å²) in [7, 11) is 0. The fourth-order valence-corrected chi connectivity index (χ4v) is 4.17. The summed E-state index contributed by atoms with van der Waals surface area (Å²) in [5.74, 6) is 0.246. The van der Waals surface area contributed by atoms with Gasteiger partial charge in [-0.15, -0.1) is 0 Å². The topological polar surface area (TPSA) is 90.5 Å². The van der Waals surface area contributed by atoms with E-state index in [-0.39, 0.29) is 5.75 Å². The third-order valence-corrected chi connectivity index (χ3v) is 5.88. The number of aryl methyl sites for hydroxylation is 1. The average molecular weight is 470 g/mol. The molecule has 0 fully saturated rings. The Morgan fingerprint density at radius 3 is 1.67 bits per heavy atom. The van der Waals surface area contributed by atoms with Crippen molar-refractivity contribution in [3.05, 3.63) is 107 Å². The number of pyridine rings is 1. The number of H-pyrrole nitrogens is 2. The summed E-state index contributed by atoms with van der Waals surface area (Å²) in [5, 5.41) is 10.4. The van der Waals surface area contributed by atoms with Gasteiger partial charge in [0.05, 0.1) is 22.8 Å². The lowest BCUT2D eigenvalue weighted by Crippen LogP contribution is -1.82. The van der Waals surface area contributed by atoms with E-state index in [0.29, 0.717) is 5.52 Å². The first-order valence-electron chi connectivity index (χ1n) is 11.7. The van der Waals surface area contributed by atoms with E-state index in [1.54, 1.807) is 6.07 Å². The molecule has 7 rings (SSSR count). The molecule has 0 saturated carbocycles. The van der Waals surface area contributed by atoms with Gasteiger partial charge in [0.25, 0.3) is 0 Å². The number of phenols is 1. The largest absolute Gasteiger partial charge is 0.506 e. The number of nitrogens with zero attached hydrogens (tertiary/aromatic N) is 3. The molecule has 1 aromatic carbocycles. The first-order valence-corrected chi connectivity index (χ1v) is 11.7. The van der Waals surface area contributed by atoms with Crippen molar-refractivity contribution < 1.29 is 5.11 Å². The number of aromatic nitrogens is 5. The van der Waals surface area contributed by atoms with Crippen molar-refractivity contribution in [2.24, 2.45) is 0 Å².